The molecular formula is C22H27ClN8O2S. The summed E-state index contributed by atoms with van der Waals surface area (Å²) in [6.07, 6.45) is 1.48. The predicted octanol–water partition coefficient (Wildman–Crippen LogP) is 2.58. The minimum Gasteiger partial charge on any atom is -0.395 e. The Bertz CT molecular complexity index is 1150. The van der Waals surface area contributed by atoms with Crippen LogP contribution in [0, 0.1) is 13.8 Å². The maximum atomic E-state index is 12.8. The summed E-state index contributed by atoms with van der Waals surface area (Å²) in [5.74, 6) is 7.89. The Morgan fingerprint density at radius 2 is 2.03 bits per heavy atom. The quantitative estimate of drug-likeness (QED) is 0.330. The maximum Gasteiger partial charge on any atom is 0.267 e. The van der Waals surface area contributed by atoms with Gasteiger partial charge in [0, 0.05) is 38.8 Å². The van der Waals surface area contributed by atoms with E-state index in [1.807, 2.05) is 32.0 Å². The number of nitrogens with two attached hydrogens (primary N) is 1. The molecule has 1 aromatic carbocycles. The number of amides is 1. The highest BCUT2D eigenvalue weighted by Gasteiger charge is 2.21. The number of aliphatic hydroxyl groups excluding tert-OH is 1. The van der Waals surface area contributed by atoms with Gasteiger partial charge in [-0.2, -0.15) is 0 Å². The summed E-state index contributed by atoms with van der Waals surface area (Å²) in [5.41, 5.74) is 1.44. The Labute approximate surface area is 207 Å². The molecule has 34 heavy (non-hydrogen) atoms. The fraction of sp³-hybridized carbons (Fsp3) is 0.364. The van der Waals surface area contributed by atoms with Crippen molar-refractivity contribution in [2.24, 2.45) is 5.84 Å². The average Bonchev–Trinajstić information content (AvgIpc) is 3.32. The first-order chi connectivity index (χ1) is 16.4. The molecule has 1 fully saturated rings. The van der Waals surface area contributed by atoms with Crippen molar-refractivity contribution in [2.45, 2.75) is 13.8 Å². The minimum atomic E-state index is -0.311. The predicted molar refractivity (Wildman–Crippen MR) is 135 cm³/mol. The molecule has 3 heterocycles. The SMILES string of the molecule is Cc1nc(N2CCN(CCO)CC2)cc(N(N)c2ncc(C(=O)Nc3c(C)cccc3Cl)s2)n1. The van der Waals surface area contributed by atoms with Crippen molar-refractivity contribution in [3.05, 3.63) is 51.7 Å². The van der Waals surface area contributed by atoms with Crippen LogP contribution in [0.4, 0.5) is 22.5 Å². The summed E-state index contributed by atoms with van der Waals surface area (Å²) in [6.45, 7) is 7.81. The molecule has 0 spiro atoms. The van der Waals surface area contributed by atoms with Gasteiger partial charge in [0.1, 0.15) is 16.5 Å². The molecular weight excluding hydrogens is 476 g/mol. The molecule has 0 saturated carbocycles. The van der Waals surface area contributed by atoms with Gasteiger partial charge in [-0.1, -0.05) is 35.1 Å². The van der Waals surface area contributed by atoms with E-state index in [2.05, 4.69) is 30.1 Å². The number of aliphatic hydroxyl groups is 1. The lowest BCUT2D eigenvalue weighted by atomic mass is 10.2. The summed E-state index contributed by atoms with van der Waals surface area (Å²) in [4.78, 5) is 30.9. The van der Waals surface area contributed by atoms with Crippen molar-refractivity contribution in [3.8, 4) is 0 Å². The van der Waals surface area contributed by atoms with E-state index >= 15 is 0 Å². The second-order valence-electron chi connectivity index (χ2n) is 7.95. The van der Waals surface area contributed by atoms with E-state index in [-0.39, 0.29) is 12.5 Å². The molecule has 1 aliphatic heterocycles. The molecule has 3 aromatic rings. The van der Waals surface area contributed by atoms with Crippen LogP contribution in [0.1, 0.15) is 21.1 Å². The van der Waals surface area contributed by atoms with Crippen LogP contribution in [-0.2, 0) is 0 Å². The number of hydrogen-bond donors (Lipinski definition) is 3. The van der Waals surface area contributed by atoms with Gasteiger partial charge in [0.15, 0.2) is 5.82 Å². The van der Waals surface area contributed by atoms with Crippen molar-refractivity contribution in [1.82, 2.24) is 19.9 Å². The highest BCUT2D eigenvalue weighted by atomic mass is 35.5. The summed E-state index contributed by atoms with van der Waals surface area (Å²) in [7, 11) is 0. The van der Waals surface area contributed by atoms with E-state index in [9.17, 15) is 4.79 Å². The number of rotatable bonds is 7. The van der Waals surface area contributed by atoms with Crippen molar-refractivity contribution in [3.63, 3.8) is 0 Å². The molecule has 0 bridgehead atoms. The summed E-state index contributed by atoms with van der Waals surface area (Å²) >= 11 is 7.39. The lowest BCUT2D eigenvalue weighted by Gasteiger charge is -2.35. The molecule has 12 heteroatoms. The minimum absolute atomic E-state index is 0.157. The molecule has 180 valence electrons. The van der Waals surface area contributed by atoms with Crippen LogP contribution in [0.5, 0.6) is 0 Å². The molecule has 1 amide bonds. The van der Waals surface area contributed by atoms with Crippen molar-refractivity contribution in [2.75, 3.05) is 54.6 Å². The molecule has 1 aliphatic rings. The number of benzene rings is 1. The largest absolute Gasteiger partial charge is 0.395 e. The molecule has 0 unspecified atom stereocenters. The van der Waals surface area contributed by atoms with Gasteiger partial charge in [-0.05, 0) is 25.5 Å². The first-order valence-corrected chi connectivity index (χ1v) is 12.1. The molecule has 0 aliphatic carbocycles. The van der Waals surface area contributed by atoms with Gasteiger partial charge in [0.2, 0.25) is 5.13 Å². The summed E-state index contributed by atoms with van der Waals surface area (Å²) in [6, 6.07) is 7.26. The van der Waals surface area contributed by atoms with E-state index < -0.39 is 0 Å². The van der Waals surface area contributed by atoms with E-state index in [1.165, 1.54) is 11.2 Å². The number of hydrogen-bond acceptors (Lipinski definition) is 10. The van der Waals surface area contributed by atoms with E-state index in [0.717, 1.165) is 48.9 Å². The zero-order chi connectivity index (χ0) is 24.2. The van der Waals surface area contributed by atoms with Crippen LogP contribution in [0.2, 0.25) is 5.02 Å². The number of carbonyl (C=O) groups excluding carboxylic acids is 1. The Balaban J connectivity index is 1.48. The first-order valence-electron chi connectivity index (χ1n) is 10.9. The van der Waals surface area contributed by atoms with Crippen LogP contribution < -0.4 is 21.1 Å². The van der Waals surface area contributed by atoms with Crippen LogP contribution in [0.3, 0.4) is 0 Å². The normalized spacial score (nSPS) is 14.3. The molecule has 0 radical (unpaired) electrons. The van der Waals surface area contributed by atoms with Crippen LogP contribution in [0.15, 0.2) is 30.5 Å². The van der Waals surface area contributed by atoms with Crippen molar-refractivity contribution < 1.29 is 9.90 Å². The zero-order valence-corrected chi connectivity index (χ0v) is 20.6. The monoisotopic (exact) mass is 502 g/mol. The van der Waals surface area contributed by atoms with E-state index in [1.54, 1.807) is 6.07 Å². The fourth-order valence-electron chi connectivity index (χ4n) is 3.71. The number of carbonyl (C=O) groups is 1. The standard InChI is InChI=1S/C22H27ClN8O2S/c1-14-4-3-5-16(23)20(14)28-21(33)17-13-25-22(34-17)31(24)19-12-18(26-15(2)27-19)30-8-6-29(7-9-30)10-11-32/h3-5,12-13,32H,6-11,24H2,1-2H3,(H,28,33). The topological polar surface area (TPSA) is 124 Å². The van der Waals surface area contributed by atoms with Gasteiger partial charge in [-0.3, -0.25) is 9.69 Å². The number of β-amino-alcohol motifs (C(OH)–C–C–N with tert-alkyl or cyclic N) is 1. The smallest absolute Gasteiger partial charge is 0.267 e. The average molecular weight is 503 g/mol. The molecule has 2 aromatic heterocycles. The third kappa shape index (κ3) is 5.45. The van der Waals surface area contributed by atoms with E-state index in [4.69, 9.17) is 22.6 Å². The maximum absolute atomic E-state index is 12.8. The number of halogens is 1. The Kier molecular flexibility index (Phi) is 7.59. The number of anilines is 4. The lowest BCUT2D eigenvalue weighted by molar-refractivity contribution is 0.103. The van der Waals surface area contributed by atoms with Crippen LogP contribution in [0.25, 0.3) is 0 Å². The number of nitrogens with one attached hydrogen (secondary N) is 1. The molecule has 4 N–H and O–H groups in total. The molecule has 10 nitrogen and oxygen atoms in total. The molecule has 0 atom stereocenters. The number of para-hydroxylation sites is 1. The second kappa shape index (κ2) is 10.6. The second-order valence-corrected chi connectivity index (χ2v) is 9.36. The molecule has 4 rings (SSSR count). The molecule has 1 saturated heterocycles. The number of thiazole rings is 1. The van der Waals surface area contributed by atoms with Gasteiger partial charge in [0.05, 0.1) is 23.5 Å². The van der Waals surface area contributed by atoms with Gasteiger partial charge >= 0.3 is 0 Å². The van der Waals surface area contributed by atoms with Crippen molar-refractivity contribution >= 4 is 51.3 Å². The fourth-order valence-corrected chi connectivity index (χ4v) is 4.72. The highest BCUT2D eigenvalue weighted by molar-refractivity contribution is 7.17. The summed E-state index contributed by atoms with van der Waals surface area (Å²) < 4.78 is 0. The van der Waals surface area contributed by atoms with Crippen LogP contribution in [-0.4, -0.2) is 70.2 Å². The third-order valence-corrected chi connectivity index (χ3v) is 6.86. The zero-order valence-electron chi connectivity index (χ0n) is 19.0. The third-order valence-electron chi connectivity index (χ3n) is 5.55. The Hall–Kier alpha value is -2.83. The van der Waals surface area contributed by atoms with Gasteiger partial charge in [-0.15, -0.1) is 0 Å². The van der Waals surface area contributed by atoms with E-state index in [0.29, 0.717) is 38.9 Å². The van der Waals surface area contributed by atoms with Gasteiger partial charge in [-0.25, -0.2) is 25.8 Å². The van der Waals surface area contributed by atoms with Gasteiger partial charge < -0.3 is 15.3 Å². The number of aryl methyl sites for hydroxylation is 2. The number of aromatic nitrogens is 3. The first kappa shape index (κ1) is 24.3. The van der Waals surface area contributed by atoms with Crippen molar-refractivity contribution in [1.29, 1.82) is 0 Å². The number of piperazine rings is 1. The number of nitrogens with zero attached hydrogens (tertiary/aromatic N) is 6. The number of hydrazine groups is 1. The summed E-state index contributed by atoms with van der Waals surface area (Å²) in [5, 5.41) is 14.3. The highest BCUT2D eigenvalue weighted by Crippen LogP contribution is 2.30. The Morgan fingerprint density at radius 1 is 1.26 bits per heavy atom. The van der Waals surface area contributed by atoms with Crippen LogP contribution >= 0.6 is 22.9 Å². The van der Waals surface area contributed by atoms with Gasteiger partial charge in [0.25, 0.3) is 5.91 Å². The Morgan fingerprint density at radius 3 is 2.74 bits per heavy atom. The lowest BCUT2D eigenvalue weighted by Crippen LogP contribution is -2.47.